The molecule has 1 unspecified atom stereocenters. The van der Waals surface area contributed by atoms with Gasteiger partial charge in [-0.15, -0.1) is 0 Å². The highest BCUT2D eigenvalue weighted by Crippen LogP contribution is 2.39. The second-order valence-electron chi connectivity index (χ2n) is 6.01. The molecule has 1 aromatic carbocycles. The summed E-state index contributed by atoms with van der Waals surface area (Å²) in [5.74, 6) is 0.347. The van der Waals surface area contributed by atoms with Crippen LogP contribution in [0.2, 0.25) is 0 Å². The zero-order valence-corrected chi connectivity index (χ0v) is 12.7. The zero-order valence-electron chi connectivity index (χ0n) is 12.7. The molecular formula is C16H22N2O3. The van der Waals surface area contributed by atoms with Crippen LogP contribution in [0.25, 0.3) is 0 Å². The summed E-state index contributed by atoms with van der Waals surface area (Å²) in [6.45, 7) is 5.13. The summed E-state index contributed by atoms with van der Waals surface area (Å²) in [5, 5.41) is 15.1. The number of anilines is 1. The van der Waals surface area contributed by atoms with Crippen LogP contribution in [0, 0.1) is 12.8 Å². The Morgan fingerprint density at radius 2 is 2.05 bits per heavy atom. The second-order valence-corrected chi connectivity index (χ2v) is 6.01. The van der Waals surface area contributed by atoms with Crippen molar-refractivity contribution in [3.8, 4) is 0 Å². The number of ketones is 1. The summed E-state index contributed by atoms with van der Waals surface area (Å²) in [4.78, 5) is 23.4. The van der Waals surface area contributed by atoms with Crippen molar-refractivity contribution < 1.29 is 14.7 Å². The number of aliphatic hydroxyl groups excluding tert-OH is 1. The summed E-state index contributed by atoms with van der Waals surface area (Å²) < 4.78 is 0. The minimum absolute atomic E-state index is 0.00471. The molecule has 0 saturated heterocycles. The summed E-state index contributed by atoms with van der Waals surface area (Å²) in [6, 6.07) is 4.84. The fraction of sp³-hybridized carbons (Fsp3) is 0.500. The third-order valence-corrected chi connectivity index (χ3v) is 4.07. The topological polar surface area (TPSA) is 78.4 Å². The van der Waals surface area contributed by atoms with Gasteiger partial charge in [-0.25, -0.2) is 4.79 Å². The molecule has 1 atom stereocenters. The number of hydrogen-bond acceptors (Lipinski definition) is 3. The van der Waals surface area contributed by atoms with E-state index in [-0.39, 0.29) is 18.4 Å². The number of amides is 2. The maximum Gasteiger partial charge on any atom is 0.319 e. The summed E-state index contributed by atoms with van der Waals surface area (Å²) >= 11 is 0. The van der Waals surface area contributed by atoms with Crippen molar-refractivity contribution in [2.45, 2.75) is 39.2 Å². The van der Waals surface area contributed by atoms with Crippen LogP contribution in [0.3, 0.4) is 0 Å². The Kier molecular flexibility index (Phi) is 4.32. The van der Waals surface area contributed by atoms with Crippen molar-refractivity contribution >= 4 is 17.5 Å². The molecule has 0 heterocycles. The summed E-state index contributed by atoms with van der Waals surface area (Å²) in [7, 11) is 0. The molecule has 2 rings (SSSR count). The van der Waals surface area contributed by atoms with Gasteiger partial charge in [0.2, 0.25) is 0 Å². The highest BCUT2D eigenvalue weighted by atomic mass is 16.3. The lowest BCUT2D eigenvalue weighted by atomic mass is 9.97. The molecule has 0 radical (unpaired) electrons. The van der Waals surface area contributed by atoms with Crippen molar-refractivity contribution in [3.63, 3.8) is 0 Å². The number of benzene rings is 1. The number of Topliss-reactive ketones (excluding diaryl/α,β-unsaturated/α-hetero) is 1. The fourth-order valence-corrected chi connectivity index (χ4v) is 2.55. The third kappa shape index (κ3) is 3.61. The monoisotopic (exact) mass is 290 g/mol. The van der Waals surface area contributed by atoms with Gasteiger partial charge in [-0.05, 0) is 63.3 Å². The number of carbonyl (C=O) groups excluding carboxylic acids is 2. The molecule has 1 aliphatic carbocycles. The van der Waals surface area contributed by atoms with Crippen LogP contribution in [0.15, 0.2) is 18.2 Å². The molecule has 1 aliphatic rings. The average Bonchev–Trinajstić information content (AvgIpc) is 3.22. The highest BCUT2D eigenvalue weighted by Gasteiger charge is 2.42. The molecule has 21 heavy (non-hydrogen) atoms. The van der Waals surface area contributed by atoms with Crippen molar-refractivity contribution in [2.75, 3.05) is 11.9 Å². The molecule has 1 saturated carbocycles. The summed E-state index contributed by atoms with van der Waals surface area (Å²) in [5.41, 5.74) is 1.54. The molecule has 2 amide bonds. The van der Waals surface area contributed by atoms with Crippen LogP contribution in [0.5, 0.6) is 0 Å². The Balaban J connectivity index is 2.02. The molecule has 0 bridgehead atoms. The van der Waals surface area contributed by atoms with Gasteiger partial charge < -0.3 is 15.7 Å². The Hall–Kier alpha value is -1.88. The maximum absolute atomic E-state index is 12.0. The minimum Gasteiger partial charge on any atom is -0.394 e. The first-order chi connectivity index (χ1) is 9.85. The number of hydrogen-bond donors (Lipinski definition) is 3. The van der Waals surface area contributed by atoms with Gasteiger partial charge in [0.05, 0.1) is 12.1 Å². The van der Waals surface area contributed by atoms with Crippen molar-refractivity contribution in [2.24, 2.45) is 5.92 Å². The zero-order chi connectivity index (χ0) is 15.6. The van der Waals surface area contributed by atoms with Gasteiger partial charge in [0.15, 0.2) is 5.78 Å². The first kappa shape index (κ1) is 15.5. The van der Waals surface area contributed by atoms with Crippen molar-refractivity contribution in [1.29, 1.82) is 0 Å². The molecule has 5 nitrogen and oxygen atoms in total. The lowest BCUT2D eigenvalue weighted by Gasteiger charge is -2.28. The van der Waals surface area contributed by atoms with Gasteiger partial charge in [0.25, 0.3) is 0 Å². The van der Waals surface area contributed by atoms with E-state index in [9.17, 15) is 14.7 Å². The first-order valence-corrected chi connectivity index (χ1v) is 7.17. The van der Waals surface area contributed by atoms with Crippen LogP contribution in [-0.4, -0.2) is 29.1 Å². The molecule has 3 N–H and O–H groups in total. The van der Waals surface area contributed by atoms with Crippen LogP contribution >= 0.6 is 0 Å². The first-order valence-electron chi connectivity index (χ1n) is 7.17. The van der Waals surface area contributed by atoms with Crippen LogP contribution in [0.4, 0.5) is 10.5 Å². The Bertz CT molecular complexity index is 567. The van der Waals surface area contributed by atoms with Gasteiger partial charge in [-0.1, -0.05) is 0 Å². The quantitative estimate of drug-likeness (QED) is 0.729. The smallest absolute Gasteiger partial charge is 0.319 e. The Morgan fingerprint density at radius 1 is 1.38 bits per heavy atom. The Morgan fingerprint density at radius 3 is 2.52 bits per heavy atom. The van der Waals surface area contributed by atoms with E-state index >= 15 is 0 Å². The van der Waals surface area contributed by atoms with Crippen molar-refractivity contribution in [1.82, 2.24) is 5.32 Å². The number of rotatable bonds is 5. The standard InChI is InChI=1S/C16H22N2O3/c1-10-8-13(6-7-14(10)11(2)20)17-15(21)18-16(3,9-19)12-4-5-12/h6-8,12,19H,4-5,9H2,1-3H3,(H2,17,18,21). The minimum atomic E-state index is -0.571. The van der Waals surface area contributed by atoms with Gasteiger partial charge in [-0.2, -0.15) is 0 Å². The molecule has 1 fully saturated rings. The van der Waals surface area contributed by atoms with Gasteiger partial charge >= 0.3 is 6.03 Å². The van der Waals surface area contributed by atoms with E-state index in [1.165, 1.54) is 6.92 Å². The van der Waals surface area contributed by atoms with Crippen LogP contribution in [0.1, 0.15) is 42.6 Å². The maximum atomic E-state index is 12.0. The fourth-order valence-electron chi connectivity index (χ4n) is 2.55. The molecule has 0 aliphatic heterocycles. The van der Waals surface area contributed by atoms with Crippen LogP contribution < -0.4 is 10.6 Å². The summed E-state index contributed by atoms with van der Waals surface area (Å²) in [6.07, 6.45) is 2.06. The van der Waals surface area contributed by atoms with Gasteiger partial charge in [0.1, 0.15) is 0 Å². The highest BCUT2D eigenvalue weighted by molar-refractivity contribution is 5.97. The lowest BCUT2D eigenvalue weighted by molar-refractivity contribution is 0.101. The molecule has 5 heteroatoms. The molecule has 1 aromatic rings. The van der Waals surface area contributed by atoms with E-state index in [4.69, 9.17) is 0 Å². The normalized spacial score (nSPS) is 17.0. The second kappa shape index (κ2) is 5.85. The SMILES string of the molecule is CC(=O)c1ccc(NC(=O)NC(C)(CO)C2CC2)cc1C. The van der Waals surface area contributed by atoms with E-state index < -0.39 is 5.54 Å². The largest absolute Gasteiger partial charge is 0.394 e. The number of urea groups is 1. The van der Waals surface area contributed by atoms with Gasteiger partial charge in [0, 0.05) is 11.3 Å². The number of aryl methyl sites for hydroxylation is 1. The van der Waals surface area contributed by atoms with E-state index in [1.54, 1.807) is 18.2 Å². The average molecular weight is 290 g/mol. The number of carbonyl (C=O) groups is 2. The Labute approximate surface area is 124 Å². The van der Waals surface area contributed by atoms with E-state index in [0.717, 1.165) is 18.4 Å². The third-order valence-electron chi connectivity index (χ3n) is 4.07. The number of aliphatic hydroxyl groups is 1. The van der Waals surface area contributed by atoms with E-state index in [2.05, 4.69) is 10.6 Å². The van der Waals surface area contributed by atoms with E-state index in [0.29, 0.717) is 17.2 Å². The predicted molar refractivity (Wildman–Crippen MR) is 81.6 cm³/mol. The lowest BCUT2D eigenvalue weighted by Crippen LogP contribution is -2.52. The van der Waals surface area contributed by atoms with E-state index in [1.807, 2.05) is 13.8 Å². The molecular weight excluding hydrogens is 268 g/mol. The predicted octanol–water partition coefficient (Wildman–Crippen LogP) is 2.48. The molecule has 0 spiro atoms. The van der Waals surface area contributed by atoms with Crippen LogP contribution in [-0.2, 0) is 0 Å². The molecule has 114 valence electrons. The van der Waals surface area contributed by atoms with Gasteiger partial charge in [-0.3, -0.25) is 4.79 Å². The number of nitrogens with one attached hydrogen (secondary N) is 2. The van der Waals surface area contributed by atoms with Crippen molar-refractivity contribution in [3.05, 3.63) is 29.3 Å². The molecule has 0 aromatic heterocycles.